The van der Waals surface area contributed by atoms with E-state index in [0.29, 0.717) is 45.5 Å². The van der Waals surface area contributed by atoms with E-state index < -0.39 is 5.60 Å². The van der Waals surface area contributed by atoms with E-state index in [0.717, 1.165) is 31.8 Å². The van der Waals surface area contributed by atoms with Gasteiger partial charge in [-0.3, -0.25) is 4.99 Å². The number of amides is 1. The molecule has 0 aromatic carbocycles. The summed E-state index contributed by atoms with van der Waals surface area (Å²) in [6, 6.07) is 0.311. The summed E-state index contributed by atoms with van der Waals surface area (Å²) >= 11 is 0. The highest BCUT2D eigenvalue weighted by molar-refractivity contribution is 5.79. The lowest BCUT2D eigenvalue weighted by Crippen LogP contribution is -2.45. The van der Waals surface area contributed by atoms with Crippen molar-refractivity contribution in [3.63, 3.8) is 0 Å². The Morgan fingerprint density at radius 3 is 2.52 bits per heavy atom. The molecule has 1 rings (SSSR count). The van der Waals surface area contributed by atoms with Crippen molar-refractivity contribution >= 4 is 12.1 Å². The van der Waals surface area contributed by atoms with Crippen LogP contribution in [-0.2, 0) is 14.2 Å². The lowest BCUT2D eigenvalue weighted by atomic mass is 10.2. The second-order valence-electron chi connectivity index (χ2n) is 7.55. The van der Waals surface area contributed by atoms with E-state index in [9.17, 15) is 4.79 Å². The van der Waals surface area contributed by atoms with Crippen LogP contribution in [0.3, 0.4) is 0 Å². The summed E-state index contributed by atoms with van der Waals surface area (Å²) in [4.78, 5) is 18.7. The molecule has 0 aliphatic heterocycles. The van der Waals surface area contributed by atoms with Crippen LogP contribution in [-0.4, -0.2) is 81.7 Å². The fraction of sp³-hybridized carbons (Fsp3) is 0.895. The maximum absolute atomic E-state index is 12.4. The highest BCUT2D eigenvalue weighted by Crippen LogP contribution is 2.27. The van der Waals surface area contributed by atoms with Crippen LogP contribution < -0.4 is 10.6 Å². The van der Waals surface area contributed by atoms with Crippen molar-refractivity contribution in [1.29, 1.82) is 0 Å². The molecule has 0 aromatic heterocycles. The Morgan fingerprint density at radius 1 is 1.19 bits per heavy atom. The number of guanidine groups is 1. The fourth-order valence-corrected chi connectivity index (χ4v) is 2.37. The average Bonchev–Trinajstić information content (AvgIpc) is 3.40. The van der Waals surface area contributed by atoms with Gasteiger partial charge in [0.15, 0.2) is 5.96 Å². The van der Waals surface area contributed by atoms with Gasteiger partial charge in [0.2, 0.25) is 0 Å². The molecule has 8 nitrogen and oxygen atoms in total. The van der Waals surface area contributed by atoms with Crippen molar-refractivity contribution in [3.05, 3.63) is 0 Å². The van der Waals surface area contributed by atoms with E-state index in [1.54, 1.807) is 7.11 Å². The first-order valence-electron chi connectivity index (χ1n) is 9.96. The first-order valence-corrected chi connectivity index (χ1v) is 9.96. The number of hydrogen-bond donors (Lipinski definition) is 2. The van der Waals surface area contributed by atoms with Crippen molar-refractivity contribution in [2.45, 2.75) is 58.6 Å². The summed E-state index contributed by atoms with van der Waals surface area (Å²) in [5, 5.41) is 6.51. The van der Waals surface area contributed by atoms with E-state index in [4.69, 9.17) is 14.2 Å². The van der Waals surface area contributed by atoms with Gasteiger partial charge in [0, 0.05) is 45.9 Å². The van der Waals surface area contributed by atoms with Gasteiger partial charge < -0.3 is 29.7 Å². The molecule has 8 heteroatoms. The Hall–Kier alpha value is -1.54. The minimum atomic E-state index is -0.473. The fourth-order valence-electron chi connectivity index (χ4n) is 2.37. The zero-order chi connectivity index (χ0) is 20.1. The van der Waals surface area contributed by atoms with Crippen LogP contribution in [0.15, 0.2) is 4.99 Å². The molecule has 1 aliphatic rings. The monoisotopic (exact) mass is 386 g/mol. The zero-order valence-electron chi connectivity index (χ0n) is 17.7. The summed E-state index contributed by atoms with van der Waals surface area (Å²) in [5.74, 6) is 0.759. The second kappa shape index (κ2) is 12.8. The van der Waals surface area contributed by atoms with Gasteiger partial charge in [0.05, 0.1) is 13.2 Å². The number of hydrogen-bond acceptors (Lipinski definition) is 5. The summed E-state index contributed by atoms with van der Waals surface area (Å²) in [6.45, 7) is 12.3. The predicted octanol–water partition coefficient (Wildman–Crippen LogP) is 1.99. The Morgan fingerprint density at radius 2 is 1.93 bits per heavy atom. The van der Waals surface area contributed by atoms with Crippen LogP contribution in [0.2, 0.25) is 0 Å². The highest BCUT2D eigenvalue weighted by Gasteiger charge is 2.34. The van der Waals surface area contributed by atoms with E-state index in [1.807, 2.05) is 32.6 Å². The predicted molar refractivity (Wildman–Crippen MR) is 107 cm³/mol. The van der Waals surface area contributed by atoms with Gasteiger partial charge in [-0.25, -0.2) is 4.79 Å². The van der Waals surface area contributed by atoms with Gasteiger partial charge in [-0.2, -0.15) is 0 Å². The molecular weight excluding hydrogens is 348 g/mol. The lowest BCUT2D eigenvalue weighted by Gasteiger charge is -2.27. The first-order chi connectivity index (χ1) is 12.9. The maximum atomic E-state index is 12.4. The first kappa shape index (κ1) is 23.5. The van der Waals surface area contributed by atoms with Crippen LogP contribution in [0.4, 0.5) is 4.79 Å². The summed E-state index contributed by atoms with van der Waals surface area (Å²) in [6.07, 6.45) is 2.72. The molecule has 1 amide bonds. The van der Waals surface area contributed by atoms with E-state index >= 15 is 0 Å². The quantitative estimate of drug-likeness (QED) is 0.303. The van der Waals surface area contributed by atoms with Gasteiger partial charge in [-0.05, 0) is 47.0 Å². The van der Waals surface area contributed by atoms with E-state index in [1.165, 1.54) is 0 Å². The summed E-state index contributed by atoms with van der Waals surface area (Å²) in [7, 11) is 1.66. The molecule has 0 saturated heterocycles. The Kier molecular flexibility index (Phi) is 11.1. The molecule has 0 aromatic rings. The normalized spacial score (nSPS) is 14.8. The molecule has 0 bridgehead atoms. The third-order valence-electron chi connectivity index (χ3n) is 3.75. The van der Waals surface area contributed by atoms with Crippen molar-refractivity contribution in [2.24, 2.45) is 4.99 Å². The van der Waals surface area contributed by atoms with Gasteiger partial charge in [0.25, 0.3) is 0 Å². The molecule has 0 atom stereocenters. The smallest absolute Gasteiger partial charge is 0.410 e. The largest absolute Gasteiger partial charge is 0.444 e. The molecule has 0 spiro atoms. The summed E-state index contributed by atoms with van der Waals surface area (Å²) < 4.78 is 15.9. The number of carbonyl (C=O) groups is 1. The van der Waals surface area contributed by atoms with Crippen LogP contribution in [0.25, 0.3) is 0 Å². The number of aliphatic imine (C=N–C) groups is 1. The van der Waals surface area contributed by atoms with Gasteiger partial charge in [0.1, 0.15) is 5.60 Å². The van der Waals surface area contributed by atoms with Crippen molar-refractivity contribution < 1.29 is 19.0 Å². The average molecular weight is 387 g/mol. The number of nitrogens with zero attached hydrogens (tertiary/aromatic N) is 2. The number of methoxy groups -OCH3 is 1. The molecule has 0 heterocycles. The molecule has 1 aliphatic carbocycles. The Bertz CT molecular complexity index is 447. The molecule has 2 N–H and O–H groups in total. The molecule has 1 fully saturated rings. The van der Waals surface area contributed by atoms with Crippen LogP contribution in [0.1, 0.15) is 47.0 Å². The van der Waals surface area contributed by atoms with Gasteiger partial charge >= 0.3 is 6.09 Å². The van der Waals surface area contributed by atoms with Crippen molar-refractivity contribution in [2.75, 3.05) is 53.1 Å². The van der Waals surface area contributed by atoms with Gasteiger partial charge in [-0.1, -0.05) is 0 Å². The second-order valence-corrected chi connectivity index (χ2v) is 7.55. The molecule has 158 valence electrons. The minimum Gasteiger partial charge on any atom is -0.444 e. The third kappa shape index (κ3) is 11.7. The standard InChI is InChI=1S/C19H38N4O4/c1-6-20-17(21-10-7-13-26-15-14-25-5)22-11-12-23(16-8-9-16)18(24)27-19(2,3)4/h16H,6-15H2,1-5H3,(H2,20,21,22). The van der Waals surface area contributed by atoms with Crippen LogP contribution >= 0.6 is 0 Å². The Balaban J connectivity index is 2.34. The zero-order valence-corrected chi connectivity index (χ0v) is 17.7. The van der Waals surface area contributed by atoms with E-state index in [2.05, 4.69) is 15.6 Å². The van der Waals surface area contributed by atoms with Crippen molar-refractivity contribution in [3.8, 4) is 0 Å². The molecule has 27 heavy (non-hydrogen) atoms. The van der Waals surface area contributed by atoms with Crippen LogP contribution in [0, 0.1) is 0 Å². The molecule has 0 unspecified atom stereocenters. The number of rotatable bonds is 12. The maximum Gasteiger partial charge on any atom is 0.410 e. The number of carbonyl (C=O) groups excluding carboxylic acids is 1. The van der Waals surface area contributed by atoms with E-state index in [-0.39, 0.29) is 6.09 Å². The summed E-state index contributed by atoms with van der Waals surface area (Å²) in [5.41, 5.74) is -0.473. The minimum absolute atomic E-state index is 0.234. The molecule has 1 saturated carbocycles. The van der Waals surface area contributed by atoms with Crippen molar-refractivity contribution in [1.82, 2.24) is 15.5 Å². The number of ether oxygens (including phenoxy) is 3. The topological polar surface area (TPSA) is 84.4 Å². The lowest BCUT2D eigenvalue weighted by molar-refractivity contribution is 0.0238. The highest BCUT2D eigenvalue weighted by atomic mass is 16.6. The molecule has 0 radical (unpaired) electrons. The third-order valence-corrected chi connectivity index (χ3v) is 3.75. The van der Waals surface area contributed by atoms with Crippen LogP contribution in [0.5, 0.6) is 0 Å². The SMILES string of the molecule is CCNC(=NCCCOCCOC)NCCN(C(=O)OC(C)(C)C)C1CC1. The molecular formula is C19H38N4O4. The number of nitrogens with one attached hydrogen (secondary N) is 2. The van der Waals surface area contributed by atoms with Gasteiger partial charge in [-0.15, -0.1) is 0 Å². The Labute approximate surface area is 164 Å².